The zero-order valence-corrected chi connectivity index (χ0v) is 15.8. The van der Waals surface area contributed by atoms with Gasteiger partial charge in [0.1, 0.15) is 0 Å². The smallest absolute Gasteiger partial charge is 0.253 e. The van der Waals surface area contributed by atoms with Gasteiger partial charge >= 0.3 is 0 Å². The van der Waals surface area contributed by atoms with Gasteiger partial charge in [0.05, 0.1) is 0 Å². The number of nitrogens with zero attached hydrogens (tertiary/aromatic N) is 1. The molecule has 0 aromatic heterocycles. The van der Waals surface area contributed by atoms with E-state index in [9.17, 15) is 9.59 Å². The van der Waals surface area contributed by atoms with Crippen LogP contribution >= 0.6 is 12.4 Å². The fraction of sp³-hybridized carbons (Fsp3) is 0.579. The van der Waals surface area contributed by atoms with Crippen LogP contribution in [-0.2, 0) is 0 Å². The lowest BCUT2D eigenvalue weighted by Gasteiger charge is -2.29. The zero-order valence-electron chi connectivity index (χ0n) is 15.0. The lowest BCUT2D eigenvalue weighted by atomic mass is 9.99. The highest BCUT2D eigenvalue weighted by Gasteiger charge is 2.34. The predicted octanol–water partition coefficient (Wildman–Crippen LogP) is 2.60. The molecule has 2 fully saturated rings. The Kier molecular flexibility index (Phi) is 6.85. The van der Waals surface area contributed by atoms with Crippen LogP contribution in [0.3, 0.4) is 0 Å². The molecular weight excluding hydrogens is 338 g/mol. The average molecular weight is 366 g/mol. The second-order valence-electron chi connectivity index (χ2n) is 6.83. The molecule has 2 unspecified atom stereocenters. The van der Waals surface area contributed by atoms with E-state index < -0.39 is 0 Å². The molecule has 2 aliphatic rings. The minimum atomic E-state index is -0.0388. The Morgan fingerprint density at radius 3 is 2.08 bits per heavy atom. The molecule has 6 heteroatoms. The van der Waals surface area contributed by atoms with Gasteiger partial charge in [-0.15, -0.1) is 12.4 Å². The Bertz CT molecular complexity index is 589. The fourth-order valence-corrected chi connectivity index (χ4v) is 3.90. The van der Waals surface area contributed by atoms with E-state index in [1.165, 1.54) is 12.8 Å². The normalized spacial score (nSPS) is 24.3. The number of nitrogens with one attached hydrogen (secondary N) is 2. The topological polar surface area (TPSA) is 61.4 Å². The maximum atomic E-state index is 12.4. The van der Waals surface area contributed by atoms with Gasteiger partial charge in [0, 0.05) is 42.3 Å². The van der Waals surface area contributed by atoms with Gasteiger partial charge in [-0.3, -0.25) is 9.59 Å². The lowest BCUT2D eigenvalue weighted by Crippen LogP contribution is -2.48. The van der Waals surface area contributed by atoms with Crippen molar-refractivity contribution in [2.75, 3.05) is 13.1 Å². The van der Waals surface area contributed by atoms with Crippen LogP contribution in [0.4, 0.5) is 0 Å². The molecule has 0 saturated carbocycles. The van der Waals surface area contributed by atoms with E-state index in [-0.39, 0.29) is 30.3 Å². The van der Waals surface area contributed by atoms with Crippen molar-refractivity contribution < 1.29 is 9.59 Å². The van der Waals surface area contributed by atoms with E-state index in [1.54, 1.807) is 29.2 Å². The molecule has 0 radical (unpaired) electrons. The second-order valence-corrected chi connectivity index (χ2v) is 6.83. The Morgan fingerprint density at radius 2 is 1.56 bits per heavy atom. The number of halogens is 1. The highest BCUT2D eigenvalue weighted by Crippen LogP contribution is 2.26. The molecule has 0 aliphatic carbocycles. The van der Waals surface area contributed by atoms with Gasteiger partial charge in [0.15, 0.2) is 0 Å². The van der Waals surface area contributed by atoms with Crippen molar-refractivity contribution >= 4 is 24.2 Å². The first-order chi connectivity index (χ1) is 11.6. The summed E-state index contributed by atoms with van der Waals surface area (Å²) in [6, 6.07) is 8.38. The molecule has 2 aliphatic heterocycles. The Hall–Kier alpha value is -1.59. The van der Waals surface area contributed by atoms with Gasteiger partial charge in [-0.1, -0.05) is 0 Å². The lowest BCUT2D eigenvalue weighted by molar-refractivity contribution is 0.0772. The number of piperidine rings is 1. The summed E-state index contributed by atoms with van der Waals surface area (Å²) in [6.45, 7) is 5.32. The van der Waals surface area contributed by atoms with Crippen LogP contribution in [0, 0.1) is 0 Å². The van der Waals surface area contributed by atoms with Crippen LogP contribution in [0.15, 0.2) is 24.3 Å². The summed E-state index contributed by atoms with van der Waals surface area (Å²) in [5.41, 5.74) is 1.26. The molecule has 138 valence electrons. The zero-order chi connectivity index (χ0) is 17.1. The molecule has 2 bridgehead atoms. The van der Waals surface area contributed by atoms with E-state index in [4.69, 9.17) is 0 Å². The standard InChI is InChI=1S/C19H27N3O2.ClH/c1-3-22(4-2)19(24)14-7-5-13(6-8-14)18(23)21-17-11-15-9-10-16(12-17)20-15;/h5-8,15-17,20H,3-4,9-12H2,1-2H3,(H,21,23);1H. The summed E-state index contributed by atoms with van der Waals surface area (Å²) in [5.74, 6) is -0.0231. The number of rotatable bonds is 5. The van der Waals surface area contributed by atoms with Gasteiger partial charge in [0.25, 0.3) is 11.8 Å². The number of carbonyl (C=O) groups is 2. The number of benzene rings is 1. The summed E-state index contributed by atoms with van der Waals surface area (Å²) < 4.78 is 0. The summed E-state index contributed by atoms with van der Waals surface area (Å²) in [6.07, 6.45) is 4.47. The SMILES string of the molecule is CCN(CC)C(=O)c1ccc(C(=O)NC2CC3CCC(C2)N3)cc1.Cl. The summed E-state index contributed by atoms with van der Waals surface area (Å²) in [7, 11) is 0. The van der Waals surface area contributed by atoms with Crippen LogP contribution in [-0.4, -0.2) is 47.9 Å². The molecule has 0 spiro atoms. The van der Waals surface area contributed by atoms with Gasteiger partial charge in [-0.05, 0) is 63.8 Å². The number of amides is 2. The van der Waals surface area contributed by atoms with Crippen LogP contribution in [0.1, 0.15) is 60.2 Å². The van der Waals surface area contributed by atoms with E-state index in [0.29, 0.717) is 36.3 Å². The van der Waals surface area contributed by atoms with Gasteiger partial charge < -0.3 is 15.5 Å². The van der Waals surface area contributed by atoms with E-state index in [1.807, 2.05) is 13.8 Å². The first-order valence-corrected chi connectivity index (χ1v) is 9.07. The van der Waals surface area contributed by atoms with E-state index in [0.717, 1.165) is 12.8 Å². The molecule has 2 heterocycles. The molecule has 2 atom stereocenters. The van der Waals surface area contributed by atoms with Crippen molar-refractivity contribution in [3.63, 3.8) is 0 Å². The van der Waals surface area contributed by atoms with Crippen LogP contribution in [0.5, 0.6) is 0 Å². The van der Waals surface area contributed by atoms with Crippen molar-refractivity contribution in [2.24, 2.45) is 0 Å². The Morgan fingerprint density at radius 1 is 1.04 bits per heavy atom. The molecule has 5 nitrogen and oxygen atoms in total. The Labute approximate surface area is 155 Å². The molecule has 2 N–H and O–H groups in total. The third-order valence-electron chi connectivity index (χ3n) is 5.25. The fourth-order valence-electron chi connectivity index (χ4n) is 3.90. The minimum Gasteiger partial charge on any atom is -0.349 e. The van der Waals surface area contributed by atoms with Crippen molar-refractivity contribution in [3.8, 4) is 0 Å². The molecule has 2 saturated heterocycles. The van der Waals surface area contributed by atoms with Crippen LogP contribution in [0.2, 0.25) is 0 Å². The van der Waals surface area contributed by atoms with E-state index >= 15 is 0 Å². The monoisotopic (exact) mass is 365 g/mol. The molecule has 25 heavy (non-hydrogen) atoms. The third kappa shape index (κ3) is 4.53. The maximum absolute atomic E-state index is 12.4. The van der Waals surface area contributed by atoms with Gasteiger partial charge in [0.2, 0.25) is 0 Å². The van der Waals surface area contributed by atoms with Gasteiger partial charge in [-0.25, -0.2) is 0 Å². The van der Waals surface area contributed by atoms with Gasteiger partial charge in [-0.2, -0.15) is 0 Å². The number of hydrogen-bond acceptors (Lipinski definition) is 3. The van der Waals surface area contributed by atoms with E-state index in [2.05, 4.69) is 10.6 Å². The quantitative estimate of drug-likeness (QED) is 0.843. The summed E-state index contributed by atoms with van der Waals surface area (Å²) in [4.78, 5) is 26.5. The average Bonchev–Trinajstić information content (AvgIpc) is 2.94. The highest BCUT2D eigenvalue weighted by atomic mass is 35.5. The van der Waals surface area contributed by atoms with Crippen molar-refractivity contribution in [1.29, 1.82) is 0 Å². The highest BCUT2D eigenvalue weighted by molar-refractivity contribution is 5.97. The molecule has 1 aromatic carbocycles. The van der Waals surface area contributed by atoms with Crippen molar-refractivity contribution in [2.45, 2.75) is 57.7 Å². The molecular formula is C19H28ClN3O2. The molecule has 2 amide bonds. The maximum Gasteiger partial charge on any atom is 0.253 e. The predicted molar refractivity (Wildman–Crippen MR) is 101 cm³/mol. The van der Waals surface area contributed by atoms with Crippen LogP contribution < -0.4 is 10.6 Å². The molecule has 1 aromatic rings. The second kappa shape index (κ2) is 8.68. The summed E-state index contributed by atoms with van der Waals surface area (Å²) >= 11 is 0. The first kappa shape index (κ1) is 19.7. The Balaban J connectivity index is 0.00000225. The largest absolute Gasteiger partial charge is 0.349 e. The number of carbonyl (C=O) groups excluding carboxylic acids is 2. The molecule has 3 rings (SSSR count). The number of fused-ring (bicyclic) bond motifs is 2. The first-order valence-electron chi connectivity index (χ1n) is 9.07. The van der Waals surface area contributed by atoms with Crippen molar-refractivity contribution in [1.82, 2.24) is 15.5 Å². The third-order valence-corrected chi connectivity index (χ3v) is 5.25. The summed E-state index contributed by atoms with van der Waals surface area (Å²) in [5, 5.41) is 6.74. The van der Waals surface area contributed by atoms with Crippen molar-refractivity contribution in [3.05, 3.63) is 35.4 Å². The number of hydrogen-bond donors (Lipinski definition) is 2. The van der Waals surface area contributed by atoms with Crippen LogP contribution in [0.25, 0.3) is 0 Å². The minimum absolute atomic E-state index is 0.